The fourth-order valence-corrected chi connectivity index (χ4v) is 8.16. The number of rotatable bonds is 4. The van der Waals surface area contributed by atoms with E-state index in [1.54, 1.807) is 0 Å². The van der Waals surface area contributed by atoms with Gasteiger partial charge in [-0.05, 0) is 24.3 Å². The van der Waals surface area contributed by atoms with Crippen molar-refractivity contribution in [1.82, 2.24) is 19.9 Å². The molecule has 0 atom stereocenters. The number of nitrogens with zero attached hydrogens (tertiary/aromatic N) is 6. The fourth-order valence-electron chi connectivity index (χ4n) is 6.97. The SMILES string of the molecule is O=C(O)c1cnc(N2C(=O)c3cc(Cl)c4c5c(Cl)cc6c7c(cc(Cl)c(c8c(Cl)cc(c3c48)C2=O)c75)C(=O)N(c2cnc(C(=O)O)cn2)C6=O)cn1. The minimum atomic E-state index is -1.36. The zero-order valence-corrected chi connectivity index (χ0v) is 28.2. The smallest absolute Gasteiger partial charge is 0.356 e. The molecule has 0 spiro atoms. The highest BCUT2D eigenvalue weighted by Gasteiger charge is 2.41. The average molecular weight is 772 g/mol. The Morgan fingerprint density at radius 3 is 0.962 bits per heavy atom. The van der Waals surface area contributed by atoms with Crippen LogP contribution in [0.2, 0.25) is 20.1 Å². The van der Waals surface area contributed by atoms with Crippen LogP contribution in [0.3, 0.4) is 0 Å². The van der Waals surface area contributed by atoms with Crippen molar-refractivity contribution >= 4 is 137 Å². The van der Waals surface area contributed by atoms with Gasteiger partial charge in [-0.2, -0.15) is 0 Å². The Hall–Kier alpha value is -6.06. The van der Waals surface area contributed by atoms with Gasteiger partial charge >= 0.3 is 11.9 Å². The van der Waals surface area contributed by atoms with Crippen molar-refractivity contribution in [2.24, 2.45) is 0 Å². The number of imide groups is 2. The third-order valence-corrected chi connectivity index (χ3v) is 10.2. The first-order valence-electron chi connectivity index (χ1n) is 14.7. The van der Waals surface area contributed by atoms with E-state index in [4.69, 9.17) is 46.4 Å². The lowest BCUT2D eigenvalue weighted by atomic mass is 9.82. The summed E-state index contributed by atoms with van der Waals surface area (Å²) in [5.74, 6) is -6.53. The molecule has 14 nitrogen and oxygen atoms in total. The lowest BCUT2D eigenvalue weighted by Gasteiger charge is -2.30. The molecule has 4 amide bonds. The van der Waals surface area contributed by atoms with Crippen molar-refractivity contribution in [3.63, 3.8) is 0 Å². The number of carbonyl (C=O) groups is 6. The van der Waals surface area contributed by atoms with E-state index in [1.807, 2.05) is 0 Å². The van der Waals surface area contributed by atoms with Crippen LogP contribution in [0.25, 0.3) is 43.1 Å². The molecule has 52 heavy (non-hydrogen) atoms. The molecule has 9 rings (SSSR count). The number of hydrogen-bond donors (Lipinski definition) is 2. The standard InChI is InChI=1S/C34H10Cl4N6O8/c35-13-1-9-21-10(30(46)43(29(9)45)19-7-39-17(5-41-19)33(49)50)2-15(37)25-26-16(38)4-12-22-11(3-14(36)24(28(22)26)23(13)27(21)25)31(47)44(32(12)48)20-8-40-18(6-42-20)34(51)52/h1-8H,(H,49,50)(H,51,52). The second kappa shape index (κ2) is 10.7. The lowest BCUT2D eigenvalue weighted by molar-refractivity contribution is 0.0679. The van der Waals surface area contributed by atoms with Gasteiger partial charge in [-0.15, -0.1) is 0 Å². The largest absolute Gasteiger partial charge is 0.476 e. The Balaban J connectivity index is 1.34. The molecule has 2 aromatic heterocycles. The Kier molecular flexibility index (Phi) is 6.58. The van der Waals surface area contributed by atoms with Crippen LogP contribution in [0.4, 0.5) is 11.6 Å². The van der Waals surface area contributed by atoms with Crippen LogP contribution in [0.1, 0.15) is 62.4 Å². The highest BCUT2D eigenvalue weighted by Crippen LogP contribution is 2.54. The van der Waals surface area contributed by atoms with Gasteiger partial charge in [0.1, 0.15) is 0 Å². The number of halogens is 4. The van der Waals surface area contributed by atoms with Crippen LogP contribution >= 0.6 is 46.4 Å². The van der Waals surface area contributed by atoms with Crippen LogP contribution in [0, 0.1) is 0 Å². The van der Waals surface area contributed by atoms with Gasteiger partial charge in [0.15, 0.2) is 23.0 Å². The molecule has 18 heteroatoms. The Bertz CT molecular complexity index is 2610. The molecule has 2 N–H and O–H groups in total. The van der Waals surface area contributed by atoms with Gasteiger partial charge < -0.3 is 10.2 Å². The van der Waals surface area contributed by atoms with E-state index in [2.05, 4.69) is 19.9 Å². The predicted molar refractivity (Wildman–Crippen MR) is 188 cm³/mol. The molecule has 0 saturated heterocycles. The minimum absolute atomic E-state index is 0.000170. The molecule has 4 heterocycles. The van der Waals surface area contributed by atoms with Gasteiger partial charge in [0.25, 0.3) is 23.6 Å². The van der Waals surface area contributed by atoms with Crippen LogP contribution < -0.4 is 9.80 Å². The summed E-state index contributed by atoms with van der Waals surface area (Å²) in [4.78, 5) is 95.8. The second-order valence-corrected chi connectivity index (χ2v) is 13.3. The number of benzene rings is 5. The normalized spacial score (nSPS) is 14.2. The maximum Gasteiger partial charge on any atom is 0.356 e. The first kappa shape index (κ1) is 31.9. The van der Waals surface area contributed by atoms with E-state index in [1.165, 1.54) is 24.3 Å². The second-order valence-electron chi connectivity index (χ2n) is 11.6. The van der Waals surface area contributed by atoms with Crippen molar-refractivity contribution in [1.29, 1.82) is 0 Å². The summed E-state index contributed by atoms with van der Waals surface area (Å²) in [6.07, 6.45) is 3.77. The molecule has 0 fully saturated rings. The number of carbonyl (C=O) groups excluding carboxylic acids is 4. The first-order chi connectivity index (χ1) is 24.8. The summed E-state index contributed by atoms with van der Waals surface area (Å²) in [5, 5.41) is 20.4. The number of anilines is 2. The molecule has 2 aliphatic rings. The fraction of sp³-hybridized carbons (Fsp3) is 0. The molecular formula is C34H10Cl4N6O8. The van der Waals surface area contributed by atoms with E-state index in [0.717, 1.165) is 34.6 Å². The molecule has 2 aliphatic heterocycles. The van der Waals surface area contributed by atoms with E-state index < -0.39 is 47.0 Å². The van der Waals surface area contributed by atoms with E-state index in [0.29, 0.717) is 0 Å². The topological polar surface area (TPSA) is 201 Å². The predicted octanol–water partition coefficient (Wildman–Crippen LogP) is 6.93. The van der Waals surface area contributed by atoms with Gasteiger partial charge in [0.05, 0.1) is 47.0 Å². The third kappa shape index (κ3) is 4.02. The van der Waals surface area contributed by atoms with Gasteiger partial charge in [0.2, 0.25) is 0 Å². The van der Waals surface area contributed by atoms with E-state index in [9.17, 15) is 39.0 Å². The summed E-state index contributed by atoms with van der Waals surface area (Å²) in [7, 11) is 0. The quantitative estimate of drug-likeness (QED) is 0.106. The third-order valence-electron chi connectivity index (χ3n) is 9.02. The monoisotopic (exact) mass is 770 g/mol. The molecule has 5 aromatic carbocycles. The number of amides is 4. The highest BCUT2D eigenvalue weighted by molar-refractivity contribution is 6.57. The number of fused-ring (bicyclic) bond motifs is 2. The summed E-state index contributed by atoms with van der Waals surface area (Å²) >= 11 is 27.9. The van der Waals surface area contributed by atoms with Gasteiger partial charge in [0, 0.05) is 63.2 Å². The lowest BCUT2D eigenvalue weighted by Crippen LogP contribution is -2.41. The van der Waals surface area contributed by atoms with Crippen LogP contribution in [-0.4, -0.2) is 65.7 Å². The number of hydrogen-bond acceptors (Lipinski definition) is 10. The van der Waals surface area contributed by atoms with E-state index in [-0.39, 0.29) is 97.1 Å². The minimum Gasteiger partial charge on any atom is -0.476 e. The van der Waals surface area contributed by atoms with Crippen molar-refractivity contribution in [2.75, 3.05) is 9.80 Å². The molecular weight excluding hydrogens is 762 g/mol. The van der Waals surface area contributed by atoms with Crippen molar-refractivity contribution < 1.29 is 39.0 Å². The van der Waals surface area contributed by atoms with Crippen LogP contribution in [-0.2, 0) is 0 Å². The molecule has 7 aromatic rings. The molecule has 0 saturated carbocycles. The summed E-state index contributed by atoms with van der Waals surface area (Å²) in [6, 6.07) is 5.38. The van der Waals surface area contributed by atoms with Crippen molar-refractivity contribution in [3.8, 4) is 0 Å². The number of carboxylic acid groups (broad SMARTS) is 2. The molecule has 0 radical (unpaired) electrons. The first-order valence-corrected chi connectivity index (χ1v) is 16.2. The number of aromatic carboxylic acids is 2. The highest BCUT2D eigenvalue weighted by atomic mass is 35.5. The van der Waals surface area contributed by atoms with Gasteiger partial charge in [-0.1, -0.05) is 46.4 Å². The van der Waals surface area contributed by atoms with Gasteiger partial charge in [-0.25, -0.2) is 39.3 Å². The Labute approximate surface area is 307 Å². The van der Waals surface area contributed by atoms with E-state index >= 15 is 0 Å². The summed E-state index contributed by atoms with van der Waals surface area (Å²) in [6.45, 7) is 0. The molecule has 0 aliphatic carbocycles. The molecule has 0 unspecified atom stereocenters. The average Bonchev–Trinajstić information content (AvgIpc) is 3.11. The number of carboxylic acids is 2. The zero-order valence-electron chi connectivity index (χ0n) is 25.2. The summed E-state index contributed by atoms with van der Waals surface area (Å²) < 4.78 is 0. The van der Waals surface area contributed by atoms with Gasteiger partial charge in [-0.3, -0.25) is 19.2 Å². The van der Waals surface area contributed by atoms with Crippen LogP contribution in [0.5, 0.6) is 0 Å². The van der Waals surface area contributed by atoms with Crippen molar-refractivity contribution in [3.05, 3.63) is 103 Å². The van der Waals surface area contributed by atoms with Crippen molar-refractivity contribution in [2.45, 2.75) is 0 Å². The summed E-state index contributed by atoms with van der Waals surface area (Å²) in [5.41, 5.74) is -0.874. The Morgan fingerprint density at radius 1 is 0.442 bits per heavy atom. The maximum atomic E-state index is 14.0. The molecule has 252 valence electrons. The van der Waals surface area contributed by atoms with Crippen LogP contribution in [0.15, 0.2) is 49.1 Å². The molecule has 0 bridgehead atoms. The Morgan fingerprint density at radius 2 is 0.731 bits per heavy atom. The maximum absolute atomic E-state index is 14.0. The number of aromatic nitrogens is 4. The zero-order chi connectivity index (χ0) is 36.7.